The van der Waals surface area contributed by atoms with Gasteiger partial charge in [-0.1, -0.05) is 0 Å². The van der Waals surface area contributed by atoms with E-state index in [1.165, 1.54) is 23.0 Å². The largest absolute Gasteiger partial charge is 0.480 e. The molecule has 0 saturated carbocycles. The molecular weight excluding hydrogens is 158 g/mol. The summed E-state index contributed by atoms with van der Waals surface area (Å²) in [6.45, 7) is 1.54. The van der Waals surface area contributed by atoms with E-state index in [0.29, 0.717) is 5.56 Å². The van der Waals surface area contributed by atoms with Crippen LogP contribution in [0, 0.1) is 6.92 Å². The lowest BCUT2D eigenvalue weighted by Crippen LogP contribution is -2.13. The van der Waals surface area contributed by atoms with Crippen LogP contribution < -0.4 is 5.43 Å². The molecule has 0 aromatic carbocycles. The van der Waals surface area contributed by atoms with Crippen LogP contribution in [0.3, 0.4) is 0 Å². The highest BCUT2D eigenvalue weighted by atomic mass is 16.4. The molecule has 0 spiro atoms. The van der Waals surface area contributed by atoms with Crippen LogP contribution in [0.1, 0.15) is 5.56 Å². The van der Waals surface area contributed by atoms with Crippen molar-refractivity contribution in [1.82, 2.24) is 4.57 Å². The molecule has 1 heterocycles. The first kappa shape index (κ1) is 8.52. The second kappa shape index (κ2) is 3.21. The van der Waals surface area contributed by atoms with Gasteiger partial charge < -0.3 is 9.67 Å². The molecule has 0 fully saturated rings. The van der Waals surface area contributed by atoms with Crippen molar-refractivity contribution in [2.45, 2.75) is 13.5 Å². The molecule has 4 nitrogen and oxygen atoms in total. The molecule has 0 unspecified atom stereocenters. The van der Waals surface area contributed by atoms with E-state index in [0.717, 1.165) is 0 Å². The average Bonchev–Trinajstić information content (AvgIpc) is 1.96. The second-order valence-corrected chi connectivity index (χ2v) is 2.56. The van der Waals surface area contributed by atoms with Gasteiger partial charge in [-0.2, -0.15) is 0 Å². The summed E-state index contributed by atoms with van der Waals surface area (Å²) >= 11 is 0. The topological polar surface area (TPSA) is 59.3 Å². The lowest BCUT2D eigenvalue weighted by Gasteiger charge is -2.01. The lowest BCUT2D eigenvalue weighted by atomic mass is 10.3. The molecule has 1 aromatic rings. The van der Waals surface area contributed by atoms with Crippen LogP contribution in [0.4, 0.5) is 0 Å². The van der Waals surface area contributed by atoms with Crippen molar-refractivity contribution in [3.63, 3.8) is 0 Å². The monoisotopic (exact) mass is 167 g/mol. The van der Waals surface area contributed by atoms with E-state index in [1.807, 2.05) is 0 Å². The van der Waals surface area contributed by atoms with Gasteiger partial charge in [-0.05, 0) is 6.92 Å². The summed E-state index contributed by atoms with van der Waals surface area (Å²) < 4.78 is 1.46. The first-order valence-corrected chi connectivity index (χ1v) is 3.48. The molecular formula is C8H9NO3. The van der Waals surface area contributed by atoms with Crippen molar-refractivity contribution >= 4 is 5.97 Å². The lowest BCUT2D eigenvalue weighted by molar-refractivity contribution is -0.137. The molecule has 4 heteroatoms. The Labute approximate surface area is 69.1 Å². The van der Waals surface area contributed by atoms with Crippen molar-refractivity contribution in [3.8, 4) is 0 Å². The third-order valence-electron chi connectivity index (χ3n) is 1.48. The Hall–Kier alpha value is -1.58. The molecule has 0 aliphatic rings. The summed E-state index contributed by atoms with van der Waals surface area (Å²) in [5.41, 5.74) is 0.482. The van der Waals surface area contributed by atoms with Gasteiger partial charge in [-0.25, -0.2) is 0 Å². The van der Waals surface area contributed by atoms with E-state index >= 15 is 0 Å². The Morgan fingerprint density at radius 2 is 2.33 bits per heavy atom. The van der Waals surface area contributed by atoms with Crippen LogP contribution in [-0.2, 0) is 11.3 Å². The summed E-state index contributed by atoms with van der Waals surface area (Å²) in [4.78, 5) is 21.2. The maximum absolute atomic E-state index is 10.9. The smallest absolute Gasteiger partial charge is 0.323 e. The Kier molecular flexibility index (Phi) is 2.28. The Morgan fingerprint density at radius 3 is 2.83 bits per heavy atom. The molecule has 0 radical (unpaired) electrons. The standard InChI is InChI=1S/C8H9NO3/c1-6-4-9(5-8(11)12)3-2-7(6)10/h2-4H,5H2,1H3,(H,11,12). The minimum absolute atomic E-state index is 0.0726. The number of aryl methyl sites for hydroxylation is 1. The van der Waals surface area contributed by atoms with Crippen molar-refractivity contribution in [3.05, 3.63) is 34.2 Å². The average molecular weight is 167 g/mol. The summed E-state index contributed by atoms with van der Waals surface area (Å²) in [5.74, 6) is -0.918. The van der Waals surface area contributed by atoms with Gasteiger partial charge in [-0.3, -0.25) is 9.59 Å². The SMILES string of the molecule is Cc1cn(CC(=O)O)ccc1=O. The third kappa shape index (κ3) is 1.95. The summed E-state index contributed by atoms with van der Waals surface area (Å²) in [7, 11) is 0. The molecule has 0 atom stereocenters. The first-order chi connectivity index (χ1) is 5.59. The number of hydrogen-bond donors (Lipinski definition) is 1. The number of carboxylic acid groups (broad SMARTS) is 1. The normalized spacial score (nSPS) is 9.75. The van der Waals surface area contributed by atoms with E-state index in [2.05, 4.69) is 0 Å². The highest BCUT2D eigenvalue weighted by Crippen LogP contribution is 1.89. The molecule has 64 valence electrons. The molecule has 1 aromatic heterocycles. The zero-order valence-electron chi connectivity index (χ0n) is 6.65. The Bertz CT molecular complexity index is 354. The fourth-order valence-electron chi connectivity index (χ4n) is 0.905. The van der Waals surface area contributed by atoms with Crippen LogP contribution in [-0.4, -0.2) is 15.6 Å². The van der Waals surface area contributed by atoms with Gasteiger partial charge in [0, 0.05) is 24.0 Å². The summed E-state index contributed by atoms with van der Waals surface area (Å²) in [6, 6.07) is 1.36. The van der Waals surface area contributed by atoms with Gasteiger partial charge in [0.15, 0.2) is 5.43 Å². The van der Waals surface area contributed by atoms with Crippen LogP contribution in [0.2, 0.25) is 0 Å². The molecule has 0 bridgehead atoms. The number of nitrogens with zero attached hydrogens (tertiary/aromatic N) is 1. The molecule has 1 rings (SSSR count). The van der Waals surface area contributed by atoms with Gasteiger partial charge in [0.25, 0.3) is 0 Å². The van der Waals surface area contributed by atoms with Crippen molar-refractivity contribution in [2.24, 2.45) is 0 Å². The van der Waals surface area contributed by atoms with Crippen LogP contribution in [0.15, 0.2) is 23.3 Å². The van der Waals surface area contributed by atoms with E-state index in [1.54, 1.807) is 6.92 Å². The number of hydrogen-bond acceptors (Lipinski definition) is 2. The van der Waals surface area contributed by atoms with Crippen molar-refractivity contribution in [1.29, 1.82) is 0 Å². The van der Waals surface area contributed by atoms with E-state index in [9.17, 15) is 9.59 Å². The van der Waals surface area contributed by atoms with Gasteiger partial charge in [0.1, 0.15) is 6.54 Å². The second-order valence-electron chi connectivity index (χ2n) is 2.56. The summed E-state index contributed by atoms with van der Waals surface area (Å²) in [5, 5.41) is 8.43. The van der Waals surface area contributed by atoms with Gasteiger partial charge in [0.2, 0.25) is 0 Å². The van der Waals surface area contributed by atoms with E-state index < -0.39 is 5.97 Å². The maximum atomic E-state index is 10.9. The minimum atomic E-state index is -0.918. The fraction of sp³-hybridized carbons (Fsp3) is 0.250. The van der Waals surface area contributed by atoms with Crippen LogP contribution >= 0.6 is 0 Å². The predicted octanol–water partition coefficient (Wildman–Crippen LogP) is 0.241. The van der Waals surface area contributed by atoms with E-state index in [4.69, 9.17) is 5.11 Å². The number of aliphatic carboxylic acids is 1. The van der Waals surface area contributed by atoms with Crippen molar-refractivity contribution in [2.75, 3.05) is 0 Å². The zero-order valence-corrected chi connectivity index (χ0v) is 6.65. The Balaban J connectivity index is 2.97. The van der Waals surface area contributed by atoms with Gasteiger partial charge in [-0.15, -0.1) is 0 Å². The Morgan fingerprint density at radius 1 is 1.67 bits per heavy atom. The summed E-state index contributed by atoms with van der Waals surface area (Å²) in [6.07, 6.45) is 2.99. The van der Waals surface area contributed by atoms with Gasteiger partial charge >= 0.3 is 5.97 Å². The first-order valence-electron chi connectivity index (χ1n) is 3.48. The van der Waals surface area contributed by atoms with Crippen LogP contribution in [0.25, 0.3) is 0 Å². The quantitative estimate of drug-likeness (QED) is 0.686. The van der Waals surface area contributed by atoms with E-state index in [-0.39, 0.29) is 12.0 Å². The number of carboxylic acids is 1. The highest BCUT2D eigenvalue weighted by molar-refractivity contribution is 5.66. The number of rotatable bonds is 2. The van der Waals surface area contributed by atoms with Gasteiger partial charge in [0.05, 0.1) is 0 Å². The molecule has 0 saturated heterocycles. The highest BCUT2D eigenvalue weighted by Gasteiger charge is 1.98. The third-order valence-corrected chi connectivity index (χ3v) is 1.48. The zero-order chi connectivity index (χ0) is 9.14. The predicted molar refractivity (Wildman–Crippen MR) is 43.1 cm³/mol. The minimum Gasteiger partial charge on any atom is -0.480 e. The molecule has 0 aliphatic heterocycles. The van der Waals surface area contributed by atoms with Crippen molar-refractivity contribution < 1.29 is 9.90 Å². The van der Waals surface area contributed by atoms with Crippen LogP contribution in [0.5, 0.6) is 0 Å². The maximum Gasteiger partial charge on any atom is 0.323 e. The molecule has 12 heavy (non-hydrogen) atoms. The fourth-order valence-corrected chi connectivity index (χ4v) is 0.905. The molecule has 0 aliphatic carbocycles. The number of carbonyl (C=O) groups is 1. The number of aromatic nitrogens is 1. The molecule has 0 amide bonds. The number of pyridine rings is 1. The molecule has 1 N–H and O–H groups in total.